The highest BCUT2D eigenvalue weighted by Gasteiger charge is 2.31. The number of hydrogen-bond acceptors (Lipinski definition) is 6. The number of anilines is 1. The van der Waals surface area contributed by atoms with Crippen LogP contribution in [0, 0.1) is 5.92 Å². The largest absolute Gasteiger partial charge is 0.495 e. The molecule has 3 heterocycles. The maximum atomic E-state index is 9.54. The Morgan fingerprint density at radius 1 is 1.11 bits per heavy atom. The molecule has 188 valence electrons. The Hall–Kier alpha value is -3.88. The number of halogens is 1. The van der Waals surface area contributed by atoms with E-state index >= 15 is 0 Å². The van der Waals surface area contributed by atoms with Crippen LogP contribution in [0.4, 0.5) is 5.82 Å². The van der Waals surface area contributed by atoms with Crippen molar-refractivity contribution in [1.82, 2.24) is 24.1 Å². The van der Waals surface area contributed by atoms with Crippen molar-refractivity contribution >= 4 is 22.9 Å². The van der Waals surface area contributed by atoms with Crippen molar-refractivity contribution in [2.24, 2.45) is 13.0 Å². The lowest BCUT2D eigenvalue weighted by atomic mass is 9.81. The van der Waals surface area contributed by atoms with E-state index in [2.05, 4.69) is 22.4 Å². The van der Waals surface area contributed by atoms with Gasteiger partial charge < -0.3 is 19.7 Å². The highest BCUT2D eigenvalue weighted by molar-refractivity contribution is 6.35. The summed E-state index contributed by atoms with van der Waals surface area (Å²) in [4.78, 5) is 9.46. The Morgan fingerprint density at radius 2 is 1.92 bits per heavy atom. The number of aromatic nitrogens is 5. The predicted octanol–water partition coefficient (Wildman–Crippen LogP) is 5.31. The molecule has 5 aromatic rings. The van der Waals surface area contributed by atoms with Gasteiger partial charge in [-0.15, -0.1) is 5.10 Å². The fourth-order valence-electron chi connectivity index (χ4n) is 5.03. The third kappa shape index (κ3) is 4.12. The van der Waals surface area contributed by atoms with Crippen LogP contribution in [0.2, 0.25) is 5.02 Å². The summed E-state index contributed by atoms with van der Waals surface area (Å²) < 4.78 is 9.29. The molecule has 0 atom stereocenters. The molecule has 0 bridgehead atoms. The summed E-state index contributed by atoms with van der Waals surface area (Å²) in [6.07, 6.45) is 7.39. The van der Waals surface area contributed by atoms with Gasteiger partial charge in [-0.25, -0.2) is 14.5 Å². The van der Waals surface area contributed by atoms with Crippen LogP contribution in [-0.4, -0.2) is 49.0 Å². The van der Waals surface area contributed by atoms with Crippen LogP contribution in [0.3, 0.4) is 0 Å². The predicted molar refractivity (Wildman–Crippen MR) is 145 cm³/mol. The van der Waals surface area contributed by atoms with Gasteiger partial charge in [0, 0.05) is 55.0 Å². The zero-order valence-electron chi connectivity index (χ0n) is 20.6. The summed E-state index contributed by atoms with van der Waals surface area (Å²) in [5.41, 5.74) is 4.62. The van der Waals surface area contributed by atoms with Gasteiger partial charge in [-0.1, -0.05) is 54.1 Å². The maximum Gasteiger partial charge on any atom is 0.218 e. The summed E-state index contributed by atoms with van der Waals surface area (Å²) >= 11 is 6.83. The monoisotopic (exact) mass is 514 g/mol. The normalized spacial score (nSPS) is 17.1. The molecule has 0 saturated heterocycles. The number of aryl methyl sites for hydroxylation is 1. The fourth-order valence-corrected chi connectivity index (χ4v) is 5.34. The molecule has 6 rings (SSSR count). The second-order valence-electron chi connectivity index (χ2n) is 9.41. The zero-order valence-corrected chi connectivity index (χ0v) is 21.4. The Bertz CT molecular complexity index is 1570. The van der Waals surface area contributed by atoms with Gasteiger partial charge in [-0.3, -0.25) is 0 Å². The molecule has 3 aromatic heterocycles. The Morgan fingerprint density at radius 3 is 2.62 bits per heavy atom. The van der Waals surface area contributed by atoms with Crippen LogP contribution in [0.15, 0.2) is 67.1 Å². The number of aliphatic hydroxyl groups excluding tert-OH is 1. The second kappa shape index (κ2) is 9.53. The first-order valence-electron chi connectivity index (χ1n) is 12.2. The summed E-state index contributed by atoms with van der Waals surface area (Å²) in [5, 5.41) is 18.6. The lowest BCUT2D eigenvalue weighted by Gasteiger charge is -2.35. The van der Waals surface area contributed by atoms with E-state index in [-0.39, 0.29) is 12.6 Å². The van der Waals surface area contributed by atoms with Gasteiger partial charge in [0.05, 0.1) is 12.1 Å². The van der Waals surface area contributed by atoms with Crippen LogP contribution in [0.1, 0.15) is 12.8 Å². The molecule has 0 unspecified atom stereocenters. The molecule has 0 aliphatic heterocycles. The number of benzene rings is 2. The SMILES string of the molecule is COc1cccc(-c2cn3nc(-c4nccn4C)nc(NC4CC(CO)C4)c3c2-c2ccccc2)c1Cl. The van der Waals surface area contributed by atoms with Crippen molar-refractivity contribution in [1.29, 1.82) is 0 Å². The van der Waals surface area contributed by atoms with Crippen LogP contribution in [0.25, 0.3) is 39.4 Å². The molecule has 2 N–H and O–H groups in total. The van der Waals surface area contributed by atoms with Gasteiger partial charge in [0.25, 0.3) is 0 Å². The van der Waals surface area contributed by atoms with E-state index in [4.69, 9.17) is 26.4 Å². The Labute approximate surface area is 219 Å². The molecule has 37 heavy (non-hydrogen) atoms. The summed E-state index contributed by atoms with van der Waals surface area (Å²) in [6, 6.07) is 16.2. The second-order valence-corrected chi connectivity index (χ2v) is 9.78. The molecule has 0 amide bonds. The Balaban J connectivity index is 1.63. The topological polar surface area (TPSA) is 89.5 Å². The number of imidazole rings is 1. The minimum absolute atomic E-state index is 0.203. The first-order chi connectivity index (χ1) is 18.1. The molecule has 0 spiro atoms. The van der Waals surface area contributed by atoms with Crippen molar-refractivity contribution in [3.05, 3.63) is 72.1 Å². The van der Waals surface area contributed by atoms with Gasteiger partial charge in [0.1, 0.15) is 11.3 Å². The van der Waals surface area contributed by atoms with E-state index in [0.717, 1.165) is 46.4 Å². The van der Waals surface area contributed by atoms with Gasteiger partial charge in [-0.05, 0) is 30.4 Å². The lowest BCUT2D eigenvalue weighted by molar-refractivity contribution is 0.151. The van der Waals surface area contributed by atoms with E-state index < -0.39 is 0 Å². The average molecular weight is 515 g/mol. The van der Waals surface area contributed by atoms with Gasteiger partial charge in [0.15, 0.2) is 11.6 Å². The molecular weight excluding hydrogens is 488 g/mol. The molecule has 0 radical (unpaired) electrons. The third-order valence-corrected chi connectivity index (χ3v) is 7.41. The van der Waals surface area contributed by atoms with E-state index in [1.807, 2.05) is 64.9 Å². The van der Waals surface area contributed by atoms with Crippen molar-refractivity contribution < 1.29 is 9.84 Å². The number of hydrogen-bond donors (Lipinski definition) is 2. The third-order valence-electron chi connectivity index (χ3n) is 7.02. The quantitative estimate of drug-likeness (QED) is 0.306. The number of aliphatic hydroxyl groups is 1. The van der Waals surface area contributed by atoms with Crippen LogP contribution in [0.5, 0.6) is 5.75 Å². The number of ether oxygens (including phenoxy) is 1. The summed E-state index contributed by atoms with van der Waals surface area (Å²) in [6.45, 7) is 0.203. The van der Waals surface area contributed by atoms with Gasteiger partial charge in [-0.2, -0.15) is 0 Å². The van der Waals surface area contributed by atoms with Gasteiger partial charge >= 0.3 is 0 Å². The number of methoxy groups -OCH3 is 1. The first-order valence-corrected chi connectivity index (χ1v) is 12.6. The van der Waals surface area contributed by atoms with Crippen molar-refractivity contribution in [2.45, 2.75) is 18.9 Å². The minimum Gasteiger partial charge on any atom is -0.495 e. The molecule has 9 heteroatoms. The van der Waals surface area contributed by atoms with Crippen LogP contribution < -0.4 is 10.1 Å². The van der Waals surface area contributed by atoms with E-state index in [1.165, 1.54) is 0 Å². The number of fused-ring (bicyclic) bond motifs is 1. The maximum absolute atomic E-state index is 9.54. The smallest absolute Gasteiger partial charge is 0.218 e. The molecule has 2 aromatic carbocycles. The molecule has 1 aliphatic rings. The Kier molecular flexibility index (Phi) is 6.06. The average Bonchev–Trinajstić information content (AvgIpc) is 3.50. The molecule has 1 fully saturated rings. The molecular formula is C28H27ClN6O2. The van der Waals surface area contributed by atoms with Crippen LogP contribution in [-0.2, 0) is 7.05 Å². The first kappa shape index (κ1) is 23.5. The van der Waals surface area contributed by atoms with Gasteiger partial charge in [0.2, 0.25) is 5.82 Å². The number of rotatable bonds is 7. The zero-order chi connectivity index (χ0) is 25.5. The molecule has 1 saturated carbocycles. The summed E-state index contributed by atoms with van der Waals surface area (Å²) in [7, 11) is 3.54. The van der Waals surface area contributed by atoms with E-state index in [9.17, 15) is 5.11 Å². The lowest BCUT2D eigenvalue weighted by Crippen LogP contribution is -2.37. The van der Waals surface area contributed by atoms with Crippen molar-refractivity contribution in [3.63, 3.8) is 0 Å². The standard InChI is InChI=1S/C28H27ClN6O2/c1-34-12-11-30-28(34)27-32-26(31-19-13-17(14-19)16-36)25-23(18-7-4-3-5-8-18)21(15-35(25)33-27)20-9-6-10-22(37-2)24(20)29/h3-12,15,17,19,36H,13-14,16H2,1-2H3,(H,31,32,33). The van der Waals surface area contributed by atoms with E-state index in [0.29, 0.717) is 28.3 Å². The minimum atomic E-state index is 0.203. The number of nitrogens with zero attached hydrogens (tertiary/aromatic N) is 5. The van der Waals surface area contributed by atoms with Crippen LogP contribution >= 0.6 is 11.6 Å². The number of nitrogens with one attached hydrogen (secondary N) is 1. The van der Waals surface area contributed by atoms with E-state index in [1.54, 1.807) is 13.3 Å². The molecule has 1 aliphatic carbocycles. The fraction of sp³-hybridized carbons (Fsp3) is 0.250. The highest BCUT2D eigenvalue weighted by Crippen LogP contribution is 2.44. The molecule has 8 nitrogen and oxygen atoms in total. The highest BCUT2D eigenvalue weighted by atomic mass is 35.5. The van der Waals surface area contributed by atoms with Crippen molar-refractivity contribution in [3.8, 4) is 39.7 Å². The van der Waals surface area contributed by atoms with Crippen molar-refractivity contribution in [2.75, 3.05) is 19.0 Å². The summed E-state index contributed by atoms with van der Waals surface area (Å²) in [5.74, 6) is 2.83.